The van der Waals surface area contributed by atoms with Crippen molar-refractivity contribution in [1.82, 2.24) is 0 Å². The van der Waals surface area contributed by atoms with Crippen molar-refractivity contribution in [2.75, 3.05) is 11.8 Å². The third-order valence-electron chi connectivity index (χ3n) is 4.88. The van der Waals surface area contributed by atoms with Crippen molar-refractivity contribution < 1.29 is 23.1 Å². The number of hydrogen-bond acceptors (Lipinski definition) is 6. The van der Waals surface area contributed by atoms with Gasteiger partial charge in [0.25, 0.3) is 15.9 Å². The van der Waals surface area contributed by atoms with Gasteiger partial charge in [0.05, 0.1) is 23.3 Å². The molecule has 4 aromatic carbocycles. The molecule has 0 aliphatic heterocycles. The molecule has 0 radical (unpaired) electrons. The first-order valence-electron chi connectivity index (χ1n) is 9.82. The van der Waals surface area contributed by atoms with Crippen LogP contribution in [0, 0.1) is 0 Å². The Morgan fingerprint density at radius 3 is 2.27 bits per heavy atom. The highest BCUT2D eigenvalue weighted by Crippen LogP contribution is 2.40. The zero-order valence-corrected chi connectivity index (χ0v) is 18.3. The largest absolute Gasteiger partial charge is 0.505 e. The number of phenolic OH excluding ortho intramolecular Hbond substituents is 1. The second-order valence-electron chi connectivity index (χ2n) is 6.96. The molecule has 8 nitrogen and oxygen atoms in total. The highest BCUT2D eigenvalue weighted by molar-refractivity contribution is 7.92. The number of sulfonamides is 1. The number of phenols is 1. The van der Waals surface area contributed by atoms with Gasteiger partial charge >= 0.3 is 0 Å². The van der Waals surface area contributed by atoms with Crippen LogP contribution >= 0.6 is 0 Å². The molecule has 0 aliphatic carbocycles. The number of hydrogen-bond donors (Lipinski definition) is 2. The molecule has 0 fully saturated rings. The molecule has 9 heteroatoms. The number of azo groups is 1. The van der Waals surface area contributed by atoms with Gasteiger partial charge in [0.1, 0.15) is 11.4 Å². The maximum Gasteiger partial charge on any atom is 0.299 e. The van der Waals surface area contributed by atoms with Gasteiger partial charge < -0.3 is 9.84 Å². The number of nitrogens with zero attached hydrogens (tertiary/aromatic N) is 2. The van der Waals surface area contributed by atoms with E-state index in [0.29, 0.717) is 16.5 Å². The van der Waals surface area contributed by atoms with Gasteiger partial charge in [-0.3, -0.25) is 9.52 Å². The van der Waals surface area contributed by atoms with E-state index in [9.17, 15) is 18.3 Å². The van der Waals surface area contributed by atoms with Crippen molar-refractivity contribution in [3.63, 3.8) is 0 Å². The van der Waals surface area contributed by atoms with Crippen molar-refractivity contribution in [2.24, 2.45) is 10.2 Å². The van der Waals surface area contributed by atoms with Gasteiger partial charge in [-0.15, -0.1) is 10.2 Å². The van der Waals surface area contributed by atoms with Gasteiger partial charge in [-0.05, 0) is 30.3 Å². The zero-order valence-electron chi connectivity index (χ0n) is 17.5. The lowest BCUT2D eigenvalue weighted by Gasteiger charge is -2.13. The maximum absolute atomic E-state index is 12.9. The molecule has 2 N–H and O–H groups in total. The molecule has 33 heavy (non-hydrogen) atoms. The topological polar surface area (TPSA) is 117 Å². The van der Waals surface area contributed by atoms with Crippen LogP contribution in [-0.4, -0.2) is 26.5 Å². The van der Waals surface area contributed by atoms with Crippen LogP contribution in [-0.2, 0) is 10.0 Å². The number of amides is 1. The van der Waals surface area contributed by atoms with Crippen molar-refractivity contribution in [1.29, 1.82) is 0 Å². The van der Waals surface area contributed by atoms with E-state index in [4.69, 9.17) is 4.74 Å². The fraction of sp³-hybridized carbons (Fsp3) is 0.0417. The first kappa shape index (κ1) is 22.0. The Kier molecular flexibility index (Phi) is 6.05. The Hall–Kier alpha value is -4.24. The summed E-state index contributed by atoms with van der Waals surface area (Å²) < 4.78 is 33.4. The molecular formula is C24H19N3O5S. The van der Waals surface area contributed by atoms with Gasteiger partial charge in [-0.25, -0.2) is 8.42 Å². The number of benzene rings is 4. The molecule has 0 aromatic heterocycles. The van der Waals surface area contributed by atoms with Gasteiger partial charge in [0, 0.05) is 10.8 Å². The Morgan fingerprint density at radius 1 is 0.909 bits per heavy atom. The number of carbonyl (C=O) groups is 1. The van der Waals surface area contributed by atoms with E-state index < -0.39 is 15.9 Å². The first-order valence-corrected chi connectivity index (χ1v) is 11.3. The van der Waals surface area contributed by atoms with E-state index in [0.717, 1.165) is 0 Å². The number of ether oxygens (including phenoxy) is 1. The van der Waals surface area contributed by atoms with Crippen LogP contribution in [0.15, 0.2) is 100 Å². The summed E-state index contributed by atoms with van der Waals surface area (Å²) in [4.78, 5) is 12.6. The van der Waals surface area contributed by atoms with Crippen molar-refractivity contribution in [3.05, 3.63) is 90.5 Å². The molecular weight excluding hydrogens is 442 g/mol. The molecule has 0 aliphatic rings. The minimum Gasteiger partial charge on any atom is -0.505 e. The summed E-state index contributed by atoms with van der Waals surface area (Å²) in [5.41, 5.74) is 0.322. The molecule has 0 heterocycles. The van der Waals surface area contributed by atoms with Crippen LogP contribution in [0.5, 0.6) is 11.5 Å². The Balaban J connectivity index is 1.76. The minimum absolute atomic E-state index is 0.0669. The highest BCUT2D eigenvalue weighted by Gasteiger charge is 2.19. The number of para-hydroxylation sites is 1. The maximum atomic E-state index is 12.9. The number of nitrogens with one attached hydrogen (secondary N) is 1. The molecule has 0 spiro atoms. The van der Waals surface area contributed by atoms with E-state index in [-0.39, 0.29) is 27.6 Å². The SMILES string of the molecule is COc1ccccc1C(=O)N=Nc1cc(NS(=O)(=O)c2ccccc2)c2ccccc2c1O. The lowest BCUT2D eigenvalue weighted by atomic mass is 10.1. The normalized spacial score (nSPS) is 11.5. The number of anilines is 1. The van der Waals surface area contributed by atoms with E-state index in [1.165, 1.54) is 25.3 Å². The molecule has 4 rings (SSSR count). The molecule has 0 bridgehead atoms. The smallest absolute Gasteiger partial charge is 0.299 e. The standard InChI is InChI=1S/C24H19N3O5S/c1-32-22-14-8-7-13-19(22)24(29)26-25-21-15-20(17-11-5-6-12-18(17)23(21)28)27-33(30,31)16-9-3-2-4-10-16/h2-15,27-28H,1H3. The third kappa shape index (κ3) is 4.53. The van der Waals surface area contributed by atoms with Gasteiger partial charge in [-0.1, -0.05) is 54.6 Å². The van der Waals surface area contributed by atoms with Gasteiger partial charge in [-0.2, -0.15) is 0 Å². The monoisotopic (exact) mass is 461 g/mol. The number of aromatic hydroxyl groups is 1. The minimum atomic E-state index is -3.91. The summed E-state index contributed by atoms with van der Waals surface area (Å²) in [6.07, 6.45) is 0. The molecule has 0 saturated heterocycles. The average Bonchev–Trinajstić information content (AvgIpc) is 2.85. The number of carbonyl (C=O) groups excluding carboxylic acids is 1. The summed E-state index contributed by atoms with van der Waals surface area (Å²) in [6, 6.07) is 22.4. The fourth-order valence-corrected chi connectivity index (χ4v) is 4.38. The lowest BCUT2D eigenvalue weighted by Crippen LogP contribution is -2.13. The Morgan fingerprint density at radius 2 is 1.55 bits per heavy atom. The van der Waals surface area contributed by atoms with Crippen LogP contribution in [0.3, 0.4) is 0 Å². The molecule has 0 atom stereocenters. The van der Waals surface area contributed by atoms with E-state index in [1.807, 2.05) is 0 Å². The fourth-order valence-electron chi connectivity index (χ4n) is 3.28. The van der Waals surface area contributed by atoms with Crippen LogP contribution in [0.1, 0.15) is 10.4 Å². The van der Waals surface area contributed by atoms with Gasteiger partial charge in [0.2, 0.25) is 0 Å². The van der Waals surface area contributed by atoms with Crippen molar-refractivity contribution in [2.45, 2.75) is 4.90 Å². The van der Waals surface area contributed by atoms with Crippen LogP contribution in [0.4, 0.5) is 11.4 Å². The zero-order chi connectivity index (χ0) is 23.4. The Bertz CT molecular complexity index is 1470. The predicted molar refractivity (Wildman–Crippen MR) is 125 cm³/mol. The molecule has 4 aromatic rings. The molecule has 166 valence electrons. The summed E-state index contributed by atoms with van der Waals surface area (Å²) in [7, 11) is -2.47. The predicted octanol–water partition coefficient (Wildman–Crippen LogP) is 5.28. The molecule has 1 amide bonds. The first-order chi connectivity index (χ1) is 15.9. The molecule has 0 saturated carbocycles. The number of rotatable bonds is 6. The van der Waals surface area contributed by atoms with Crippen LogP contribution in [0.2, 0.25) is 0 Å². The van der Waals surface area contributed by atoms with Crippen molar-refractivity contribution >= 4 is 38.1 Å². The number of fused-ring (bicyclic) bond motifs is 1. The molecule has 0 unspecified atom stereocenters. The van der Waals surface area contributed by atoms with E-state index in [1.54, 1.807) is 66.7 Å². The lowest BCUT2D eigenvalue weighted by molar-refractivity contribution is 0.0992. The Labute approximate surface area is 190 Å². The van der Waals surface area contributed by atoms with Crippen molar-refractivity contribution in [3.8, 4) is 11.5 Å². The average molecular weight is 461 g/mol. The van der Waals surface area contributed by atoms with Crippen LogP contribution in [0.25, 0.3) is 10.8 Å². The third-order valence-corrected chi connectivity index (χ3v) is 6.26. The van der Waals surface area contributed by atoms with E-state index >= 15 is 0 Å². The summed E-state index contributed by atoms with van der Waals surface area (Å²) in [6.45, 7) is 0. The van der Waals surface area contributed by atoms with Crippen LogP contribution < -0.4 is 9.46 Å². The summed E-state index contributed by atoms with van der Waals surface area (Å²) >= 11 is 0. The quantitative estimate of drug-likeness (QED) is 0.299. The second kappa shape index (κ2) is 9.09. The summed E-state index contributed by atoms with van der Waals surface area (Å²) in [5.74, 6) is -0.572. The van der Waals surface area contributed by atoms with Gasteiger partial charge in [0.15, 0.2) is 5.75 Å². The second-order valence-corrected chi connectivity index (χ2v) is 8.64. The highest BCUT2D eigenvalue weighted by atomic mass is 32.2. The number of methoxy groups -OCH3 is 1. The van der Waals surface area contributed by atoms with E-state index in [2.05, 4.69) is 15.0 Å². The summed E-state index contributed by atoms with van der Waals surface area (Å²) in [5, 5.41) is 19.1.